The van der Waals surface area contributed by atoms with Crippen LogP contribution in [0.2, 0.25) is 0 Å². The third-order valence-corrected chi connectivity index (χ3v) is 1.06. The fourth-order valence-corrected chi connectivity index (χ4v) is 0.655. The second kappa shape index (κ2) is 7.94. The summed E-state index contributed by atoms with van der Waals surface area (Å²) in [6.07, 6.45) is -1.02. The second-order valence-corrected chi connectivity index (χ2v) is 2.02. The van der Waals surface area contributed by atoms with E-state index < -0.39 is 12.4 Å². The first-order valence-corrected chi connectivity index (χ1v) is 3.63. The van der Waals surface area contributed by atoms with Crippen LogP contribution in [0.3, 0.4) is 0 Å². The summed E-state index contributed by atoms with van der Waals surface area (Å²) in [4.78, 5) is 0. The smallest absolute Gasteiger partial charge is 0.183 e. The number of hydrogen-bond donors (Lipinski definition) is 1. The van der Waals surface area contributed by atoms with E-state index in [9.17, 15) is 0 Å². The highest BCUT2D eigenvalue weighted by Crippen LogP contribution is 2.00. The normalized spacial score (nSPS) is 12.8. The van der Waals surface area contributed by atoms with Crippen molar-refractivity contribution < 1.29 is 20.1 Å². The van der Waals surface area contributed by atoms with E-state index in [1.807, 2.05) is 13.8 Å². The highest BCUT2D eigenvalue weighted by atomic mass is 16.7. The van der Waals surface area contributed by atoms with Gasteiger partial charge in [-0.15, -0.1) is 0 Å². The maximum absolute atomic E-state index is 9.02. The molecule has 0 saturated carbocycles. The monoisotopic (exact) mass is 166 g/mol. The maximum Gasteiger partial charge on any atom is 0.183 e. The Kier molecular flexibility index (Phi) is 9.70. The molecule has 70 valence electrons. The van der Waals surface area contributed by atoms with Crippen molar-refractivity contribution in [1.29, 1.82) is 0 Å². The molecule has 3 N–H and O–H groups in total. The molecule has 0 fully saturated rings. The van der Waals surface area contributed by atoms with Crippen LogP contribution < -0.4 is 0 Å². The number of hydrogen-bond acceptors (Lipinski definition) is 3. The molecular formula is C7H18O4. The zero-order chi connectivity index (χ0) is 7.98. The van der Waals surface area contributed by atoms with Crippen LogP contribution in [0, 0.1) is 0 Å². The summed E-state index contributed by atoms with van der Waals surface area (Å²) in [5.41, 5.74) is 0. The van der Waals surface area contributed by atoms with E-state index in [0.717, 1.165) is 0 Å². The van der Waals surface area contributed by atoms with Crippen LogP contribution in [0.5, 0.6) is 0 Å². The molecule has 1 unspecified atom stereocenters. The molecule has 4 heteroatoms. The van der Waals surface area contributed by atoms with Crippen molar-refractivity contribution in [1.82, 2.24) is 0 Å². The van der Waals surface area contributed by atoms with E-state index in [-0.39, 0.29) is 5.48 Å². The van der Waals surface area contributed by atoms with Gasteiger partial charge in [-0.25, -0.2) is 0 Å². The van der Waals surface area contributed by atoms with Crippen LogP contribution in [0.25, 0.3) is 0 Å². The Hall–Kier alpha value is -0.160. The molecule has 0 radical (unpaired) electrons. The molecule has 0 bridgehead atoms. The second-order valence-electron chi connectivity index (χ2n) is 2.02. The number of ether oxygens (including phenoxy) is 2. The van der Waals surface area contributed by atoms with Crippen LogP contribution in [-0.2, 0) is 9.47 Å². The molecule has 0 saturated heterocycles. The molecule has 0 aliphatic heterocycles. The average molecular weight is 166 g/mol. The minimum Gasteiger partial charge on any atom is -0.412 e. The van der Waals surface area contributed by atoms with Crippen molar-refractivity contribution in [3.05, 3.63) is 0 Å². The van der Waals surface area contributed by atoms with Crippen molar-refractivity contribution in [2.75, 3.05) is 13.2 Å². The fourth-order valence-electron chi connectivity index (χ4n) is 0.655. The van der Waals surface area contributed by atoms with Crippen LogP contribution in [0.15, 0.2) is 0 Å². The van der Waals surface area contributed by atoms with Crippen molar-refractivity contribution in [2.45, 2.75) is 33.2 Å². The van der Waals surface area contributed by atoms with E-state index in [1.54, 1.807) is 6.92 Å². The zero-order valence-electron chi connectivity index (χ0n) is 7.33. The summed E-state index contributed by atoms with van der Waals surface area (Å²) < 4.78 is 10.1. The van der Waals surface area contributed by atoms with E-state index in [4.69, 9.17) is 14.6 Å². The molecule has 0 spiro atoms. The Morgan fingerprint density at radius 2 is 1.55 bits per heavy atom. The summed E-state index contributed by atoms with van der Waals surface area (Å²) in [5, 5.41) is 9.02. The average Bonchev–Trinajstić information content (AvgIpc) is 1.87. The van der Waals surface area contributed by atoms with Gasteiger partial charge in [-0.1, -0.05) is 0 Å². The van der Waals surface area contributed by atoms with Crippen LogP contribution >= 0.6 is 0 Å². The zero-order valence-corrected chi connectivity index (χ0v) is 7.33. The third-order valence-electron chi connectivity index (χ3n) is 1.06. The lowest BCUT2D eigenvalue weighted by Crippen LogP contribution is -2.29. The van der Waals surface area contributed by atoms with E-state index in [0.29, 0.717) is 13.2 Å². The van der Waals surface area contributed by atoms with E-state index >= 15 is 0 Å². The Balaban J connectivity index is 0. The van der Waals surface area contributed by atoms with Gasteiger partial charge < -0.3 is 20.1 Å². The van der Waals surface area contributed by atoms with E-state index in [2.05, 4.69) is 0 Å². The molecule has 0 amide bonds. The largest absolute Gasteiger partial charge is 0.412 e. The highest BCUT2D eigenvalue weighted by molar-refractivity contribution is 4.50. The molecule has 0 aliphatic rings. The van der Waals surface area contributed by atoms with Gasteiger partial charge in [0.2, 0.25) is 0 Å². The molecule has 0 heterocycles. The Bertz CT molecular complexity index is 68.8. The van der Waals surface area contributed by atoms with Gasteiger partial charge in [0.05, 0.1) is 0 Å². The minimum absolute atomic E-state index is 0. The van der Waals surface area contributed by atoms with Crippen LogP contribution in [0.4, 0.5) is 0 Å². The maximum atomic E-state index is 9.02. The van der Waals surface area contributed by atoms with Crippen molar-refractivity contribution in [3.8, 4) is 0 Å². The SMILES string of the molecule is CCOC(OCC)C(C)O.O. The number of aliphatic hydroxyl groups excluding tert-OH is 1. The predicted molar refractivity (Wildman–Crippen MR) is 42.3 cm³/mol. The van der Waals surface area contributed by atoms with Crippen molar-refractivity contribution in [2.24, 2.45) is 0 Å². The number of aliphatic hydroxyl groups is 1. The van der Waals surface area contributed by atoms with Gasteiger partial charge in [0.15, 0.2) is 6.29 Å². The predicted octanol–water partition coefficient (Wildman–Crippen LogP) is -0.0584. The van der Waals surface area contributed by atoms with Gasteiger partial charge >= 0.3 is 0 Å². The number of rotatable bonds is 5. The standard InChI is InChI=1S/C7H16O3.H2O/c1-4-9-7(6(3)8)10-5-2;/h6-8H,4-5H2,1-3H3;1H2. The third kappa shape index (κ3) is 6.25. The lowest BCUT2D eigenvalue weighted by molar-refractivity contribution is -0.184. The Labute approximate surface area is 67.4 Å². The summed E-state index contributed by atoms with van der Waals surface area (Å²) >= 11 is 0. The molecule has 11 heavy (non-hydrogen) atoms. The van der Waals surface area contributed by atoms with Crippen molar-refractivity contribution in [3.63, 3.8) is 0 Å². The molecular weight excluding hydrogens is 148 g/mol. The molecule has 0 rings (SSSR count). The van der Waals surface area contributed by atoms with Crippen LogP contribution in [-0.4, -0.2) is 36.2 Å². The van der Waals surface area contributed by atoms with Gasteiger partial charge in [0, 0.05) is 13.2 Å². The van der Waals surface area contributed by atoms with E-state index in [1.165, 1.54) is 0 Å². The molecule has 0 aromatic rings. The quantitative estimate of drug-likeness (QED) is 0.582. The summed E-state index contributed by atoms with van der Waals surface area (Å²) in [6, 6.07) is 0. The highest BCUT2D eigenvalue weighted by Gasteiger charge is 2.13. The first-order valence-electron chi connectivity index (χ1n) is 3.63. The van der Waals surface area contributed by atoms with Gasteiger partial charge in [-0.05, 0) is 20.8 Å². The summed E-state index contributed by atoms with van der Waals surface area (Å²) in [5.74, 6) is 0. The van der Waals surface area contributed by atoms with Gasteiger partial charge in [-0.3, -0.25) is 0 Å². The molecule has 0 aromatic carbocycles. The van der Waals surface area contributed by atoms with Gasteiger partial charge in [0.25, 0.3) is 0 Å². The minimum atomic E-state index is -0.556. The summed E-state index contributed by atoms with van der Waals surface area (Å²) in [7, 11) is 0. The van der Waals surface area contributed by atoms with Gasteiger partial charge in [0.1, 0.15) is 6.10 Å². The molecule has 0 aliphatic carbocycles. The lowest BCUT2D eigenvalue weighted by Gasteiger charge is -2.18. The van der Waals surface area contributed by atoms with Gasteiger partial charge in [-0.2, -0.15) is 0 Å². The summed E-state index contributed by atoms with van der Waals surface area (Å²) in [6.45, 7) is 6.52. The lowest BCUT2D eigenvalue weighted by atomic mass is 10.4. The first-order chi connectivity index (χ1) is 4.72. The Morgan fingerprint density at radius 3 is 1.73 bits per heavy atom. The topological polar surface area (TPSA) is 70.2 Å². The molecule has 4 nitrogen and oxygen atoms in total. The first kappa shape index (κ1) is 13.4. The van der Waals surface area contributed by atoms with Crippen molar-refractivity contribution >= 4 is 0 Å². The van der Waals surface area contributed by atoms with Crippen LogP contribution in [0.1, 0.15) is 20.8 Å². The Morgan fingerprint density at radius 1 is 1.18 bits per heavy atom. The molecule has 1 atom stereocenters. The fraction of sp³-hybridized carbons (Fsp3) is 1.00. The molecule has 0 aromatic heterocycles.